The second-order valence-electron chi connectivity index (χ2n) is 5.47. The summed E-state index contributed by atoms with van der Waals surface area (Å²) < 4.78 is 5.94. The van der Waals surface area contributed by atoms with Gasteiger partial charge < -0.3 is 9.64 Å². The molecule has 0 unspecified atom stereocenters. The van der Waals surface area contributed by atoms with Crippen LogP contribution in [0.15, 0.2) is 72.8 Å². The normalized spacial score (nSPS) is 11.9. The number of ether oxygens (including phenoxy) is 1. The van der Waals surface area contributed by atoms with Crippen LogP contribution in [0, 0.1) is 0 Å². The van der Waals surface area contributed by atoms with E-state index >= 15 is 0 Å². The predicted molar refractivity (Wildman–Crippen MR) is 93.9 cm³/mol. The topological polar surface area (TPSA) is 29.5 Å². The lowest BCUT2D eigenvalue weighted by Gasteiger charge is -2.22. The van der Waals surface area contributed by atoms with Gasteiger partial charge in [-0.25, -0.2) is 0 Å². The summed E-state index contributed by atoms with van der Waals surface area (Å²) in [5.41, 5.74) is 0.853. The minimum Gasteiger partial charge on any atom is -0.480 e. The molecule has 0 N–H and O–H groups in total. The highest BCUT2D eigenvalue weighted by molar-refractivity contribution is 5.96. The van der Waals surface area contributed by atoms with Crippen molar-refractivity contribution in [3.8, 4) is 5.75 Å². The van der Waals surface area contributed by atoms with Gasteiger partial charge in [-0.15, -0.1) is 0 Å². The van der Waals surface area contributed by atoms with Crippen LogP contribution in [0.2, 0.25) is 0 Å². The van der Waals surface area contributed by atoms with Crippen molar-refractivity contribution in [2.24, 2.45) is 0 Å². The molecular formula is C20H19NO2. The summed E-state index contributed by atoms with van der Waals surface area (Å²) in [6.45, 7) is 1.78. The van der Waals surface area contributed by atoms with E-state index in [1.165, 1.54) is 0 Å². The van der Waals surface area contributed by atoms with E-state index in [0.29, 0.717) is 0 Å². The van der Waals surface area contributed by atoms with Gasteiger partial charge in [0, 0.05) is 18.1 Å². The van der Waals surface area contributed by atoms with E-state index in [0.717, 1.165) is 22.2 Å². The fourth-order valence-corrected chi connectivity index (χ4v) is 2.59. The van der Waals surface area contributed by atoms with Crippen LogP contribution >= 0.6 is 0 Å². The molecule has 0 radical (unpaired) electrons. The van der Waals surface area contributed by atoms with Crippen LogP contribution in [0.1, 0.15) is 6.92 Å². The van der Waals surface area contributed by atoms with Crippen LogP contribution in [0.5, 0.6) is 5.75 Å². The van der Waals surface area contributed by atoms with Crippen molar-refractivity contribution in [2.75, 3.05) is 11.9 Å². The molecule has 0 aliphatic carbocycles. The summed E-state index contributed by atoms with van der Waals surface area (Å²) in [5, 5.41) is 2.11. The first-order valence-corrected chi connectivity index (χ1v) is 7.64. The third-order valence-electron chi connectivity index (χ3n) is 3.88. The van der Waals surface area contributed by atoms with Gasteiger partial charge in [0.15, 0.2) is 6.10 Å². The number of hydrogen-bond donors (Lipinski definition) is 0. The minimum absolute atomic E-state index is 0.0795. The molecule has 1 amide bonds. The molecule has 0 heterocycles. The third-order valence-corrected chi connectivity index (χ3v) is 3.88. The molecule has 23 heavy (non-hydrogen) atoms. The van der Waals surface area contributed by atoms with Crippen LogP contribution in [0.4, 0.5) is 5.69 Å². The van der Waals surface area contributed by atoms with Crippen molar-refractivity contribution in [3.05, 3.63) is 72.8 Å². The van der Waals surface area contributed by atoms with Crippen LogP contribution in [-0.2, 0) is 4.79 Å². The van der Waals surface area contributed by atoms with E-state index in [2.05, 4.69) is 0 Å². The van der Waals surface area contributed by atoms with Crippen molar-refractivity contribution < 1.29 is 9.53 Å². The Hall–Kier alpha value is -2.81. The molecule has 1 atom stereocenters. The maximum atomic E-state index is 12.6. The first kappa shape index (κ1) is 15.1. The Morgan fingerprint density at radius 3 is 2.35 bits per heavy atom. The number of nitrogens with zero attached hydrogens (tertiary/aromatic N) is 1. The quantitative estimate of drug-likeness (QED) is 0.720. The molecular weight excluding hydrogens is 286 g/mol. The Balaban J connectivity index is 1.80. The second kappa shape index (κ2) is 6.53. The molecule has 0 aromatic heterocycles. The summed E-state index contributed by atoms with van der Waals surface area (Å²) in [7, 11) is 1.76. The number of anilines is 1. The van der Waals surface area contributed by atoms with Gasteiger partial charge in [-0.05, 0) is 30.5 Å². The lowest BCUT2D eigenvalue weighted by atomic mass is 10.1. The van der Waals surface area contributed by atoms with Gasteiger partial charge in [0.05, 0.1) is 0 Å². The summed E-state index contributed by atoms with van der Waals surface area (Å²) in [6, 6.07) is 23.4. The zero-order valence-electron chi connectivity index (χ0n) is 13.3. The summed E-state index contributed by atoms with van der Waals surface area (Å²) in [5.74, 6) is 0.648. The minimum atomic E-state index is -0.564. The Labute approximate surface area is 136 Å². The van der Waals surface area contributed by atoms with Crippen molar-refractivity contribution in [1.82, 2.24) is 0 Å². The zero-order chi connectivity index (χ0) is 16.2. The zero-order valence-corrected chi connectivity index (χ0v) is 13.3. The molecule has 3 nitrogen and oxygen atoms in total. The Morgan fingerprint density at radius 1 is 0.913 bits per heavy atom. The van der Waals surface area contributed by atoms with Gasteiger partial charge in [0.1, 0.15) is 5.75 Å². The van der Waals surface area contributed by atoms with Gasteiger partial charge in [-0.3, -0.25) is 4.79 Å². The summed E-state index contributed by atoms with van der Waals surface area (Å²) in [6.07, 6.45) is -0.564. The van der Waals surface area contributed by atoms with Crippen molar-refractivity contribution >= 4 is 22.4 Å². The molecule has 0 aliphatic heterocycles. The highest BCUT2D eigenvalue weighted by atomic mass is 16.5. The van der Waals surface area contributed by atoms with Gasteiger partial charge >= 0.3 is 0 Å². The average molecular weight is 305 g/mol. The van der Waals surface area contributed by atoms with Crippen molar-refractivity contribution in [1.29, 1.82) is 0 Å². The molecule has 116 valence electrons. The molecule has 0 saturated heterocycles. The molecule has 0 saturated carbocycles. The lowest BCUT2D eigenvalue weighted by molar-refractivity contribution is -0.124. The standard InChI is InChI=1S/C20H19NO2/c1-15(20(22)21(2)17-11-4-3-5-12-17)23-19-14-8-10-16-9-6-7-13-18(16)19/h3-15H,1-2H3/t15-/m1/s1. The Morgan fingerprint density at radius 2 is 1.57 bits per heavy atom. The van der Waals surface area contributed by atoms with E-state index in [4.69, 9.17) is 4.74 Å². The Bertz CT molecular complexity index is 809. The van der Waals surface area contributed by atoms with E-state index in [-0.39, 0.29) is 5.91 Å². The molecule has 3 rings (SSSR count). The number of benzene rings is 3. The fourth-order valence-electron chi connectivity index (χ4n) is 2.59. The Kier molecular flexibility index (Phi) is 4.29. The fraction of sp³-hybridized carbons (Fsp3) is 0.150. The van der Waals surface area contributed by atoms with Gasteiger partial charge in [-0.2, -0.15) is 0 Å². The van der Waals surface area contributed by atoms with Crippen LogP contribution in [0.25, 0.3) is 10.8 Å². The molecule has 3 aromatic rings. The number of rotatable bonds is 4. The van der Waals surface area contributed by atoms with E-state index < -0.39 is 6.10 Å². The first-order valence-electron chi connectivity index (χ1n) is 7.64. The number of hydrogen-bond acceptors (Lipinski definition) is 2. The van der Waals surface area contributed by atoms with Crippen molar-refractivity contribution in [3.63, 3.8) is 0 Å². The number of fused-ring (bicyclic) bond motifs is 1. The third kappa shape index (κ3) is 3.19. The number of carbonyl (C=O) groups is 1. The molecule has 0 fully saturated rings. The van der Waals surface area contributed by atoms with E-state index in [1.807, 2.05) is 72.8 Å². The molecule has 3 aromatic carbocycles. The second-order valence-corrected chi connectivity index (χ2v) is 5.47. The lowest BCUT2D eigenvalue weighted by Crippen LogP contribution is -2.38. The first-order chi connectivity index (χ1) is 11.2. The SMILES string of the molecule is C[C@@H](Oc1cccc2ccccc12)C(=O)N(C)c1ccccc1. The highest BCUT2D eigenvalue weighted by Gasteiger charge is 2.20. The van der Waals surface area contributed by atoms with Gasteiger partial charge in [0.2, 0.25) is 0 Å². The number of para-hydroxylation sites is 1. The monoisotopic (exact) mass is 305 g/mol. The molecule has 3 heteroatoms. The van der Waals surface area contributed by atoms with E-state index in [9.17, 15) is 4.79 Å². The van der Waals surface area contributed by atoms with E-state index in [1.54, 1.807) is 18.9 Å². The molecule has 0 bridgehead atoms. The average Bonchev–Trinajstić information content (AvgIpc) is 2.61. The smallest absolute Gasteiger partial charge is 0.267 e. The maximum absolute atomic E-state index is 12.6. The number of carbonyl (C=O) groups excluding carboxylic acids is 1. The molecule has 0 spiro atoms. The van der Waals surface area contributed by atoms with Crippen LogP contribution < -0.4 is 9.64 Å². The molecule has 0 aliphatic rings. The van der Waals surface area contributed by atoms with Gasteiger partial charge in [-0.1, -0.05) is 54.6 Å². The summed E-state index contributed by atoms with van der Waals surface area (Å²) >= 11 is 0. The van der Waals surface area contributed by atoms with Crippen molar-refractivity contribution in [2.45, 2.75) is 13.0 Å². The maximum Gasteiger partial charge on any atom is 0.267 e. The predicted octanol–water partition coefficient (Wildman–Crippen LogP) is 4.27. The largest absolute Gasteiger partial charge is 0.480 e. The summed E-state index contributed by atoms with van der Waals surface area (Å²) in [4.78, 5) is 14.2. The van der Waals surface area contributed by atoms with Crippen LogP contribution in [0.3, 0.4) is 0 Å². The number of likely N-dealkylation sites (N-methyl/N-ethyl adjacent to an activating group) is 1. The highest BCUT2D eigenvalue weighted by Crippen LogP contribution is 2.26. The van der Waals surface area contributed by atoms with Gasteiger partial charge in [0.25, 0.3) is 5.91 Å². The number of amides is 1. The van der Waals surface area contributed by atoms with Crippen LogP contribution in [-0.4, -0.2) is 19.1 Å².